The van der Waals surface area contributed by atoms with Crippen molar-refractivity contribution >= 4 is 17.4 Å². The average Bonchev–Trinajstić information content (AvgIpc) is 2.25. The highest BCUT2D eigenvalue weighted by atomic mass is 35.5. The van der Waals surface area contributed by atoms with E-state index < -0.39 is 5.82 Å². The summed E-state index contributed by atoms with van der Waals surface area (Å²) in [4.78, 5) is 3.86. The number of nitrogens with two attached hydrogens (primary N) is 1. The van der Waals surface area contributed by atoms with Crippen LogP contribution in [0.3, 0.4) is 0 Å². The largest absolute Gasteiger partial charge is 0.454 e. The fourth-order valence-corrected chi connectivity index (χ4v) is 1.34. The molecule has 1 aromatic carbocycles. The zero-order valence-corrected chi connectivity index (χ0v) is 8.91. The molecule has 0 fully saturated rings. The molecular weight excluding hydrogens is 231 g/mol. The van der Waals surface area contributed by atoms with E-state index in [1.807, 2.05) is 0 Å². The van der Waals surface area contributed by atoms with E-state index in [9.17, 15) is 4.39 Å². The molecule has 0 aliphatic heterocycles. The predicted molar refractivity (Wildman–Crippen MR) is 60.1 cm³/mol. The summed E-state index contributed by atoms with van der Waals surface area (Å²) in [6.45, 7) is 0. The van der Waals surface area contributed by atoms with Gasteiger partial charge in [-0.05, 0) is 30.3 Å². The molecule has 0 spiro atoms. The van der Waals surface area contributed by atoms with Gasteiger partial charge >= 0.3 is 0 Å². The number of anilines is 1. The SMILES string of the molecule is Nc1ccc(Oc2ccc(F)cc2Cl)cn1. The van der Waals surface area contributed by atoms with Crippen LogP contribution in [-0.2, 0) is 0 Å². The molecule has 0 aliphatic rings. The Labute approximate surface area is 96.6 Å². The van der Waals surface area contributed by atoms with E-state index in [4.69, 9.17) is 22.1 Å². The molecule has 0 radical (unpaired) electrons. The number of nitrogens with zero attached hydrogens (tertiary/aromatic N) is 1. The van der Waals surface area contributed by atoms with Crippen LogP contribution < -0.4 is 10.5 Å². The van der Waals surface area contributed by atoms with Gasteiger partial charge < -0.3 is 10.5 Å². The van der Waals surface area contributed by atoms with Crippen LogP contribution in [0.1, 0.15) is 0 Å². The highest BCUT2D eigenvalue weighted by Crippen LogP contribution is 2.29. The van der Waals surface area contributed by atoms with Gasteiger partial charge in [0.2, 0.25) is 0 Å². The molecule has 16 heavy (non-hydrogen) atoms. The fourth-order valence-electron chi connectivity index (χ4n) is 1.14. The topological polar surface area (TPSA) is 48.1 Å². The predicted octanol–water partition coefficient (Wildman–Crippen LogP) is 3.25. The molecule has 0 saturated heterocycles. The zero-order chi connectivity index (χ0) is 11.5. The number of halogens is 2. The van der Waals surface area contributed by atoms with Crippen molar-refractivity contribution < 1.29 is 9.13 Å². The Hall–Kier alpha value is -1.81. The van der Waals surface area contributed by atoms with E-state index >= 15 is 0 Å². The van der Waals surface area contributed by atoms with Crippen molar-refractivity contribution in [1.82, 2.24) is 4.98 Å². The molecule has 0 amide bonds. The summed E-state index contributed by atoms with van der Waals surface area (Å²) in [5.74, 6) is 0.850. The molecule has 0 saturated carbocycles. The maximum absolute atomic E-state index is 12.8. The van der Waals surface area contributed by atoms with Crippen LogP contribution in [0.25, 0.3) is 0 Å². The molecule has 0 aliphatic carbocycles. The fraction of sp³-hybridized carbons (Fsp3) is 0. The number of aromatic nitrogens is 1. The van der Waals surface area contributed by atoms with Crippen LogP contribution >= 0.6 is 11.6 Å². The summed E-state index contributed by atoms with van der Waals surface area (Å²) in [7, 11) is 0. The summed E-state index contributed by atoms with van der Waals surface area (Å²) < 4.78 is 18.2. The third kappa shape index (κ3) is 2.41. The molecule has 3 nitrogen and oxygen atoms in total. The first-order chi connectivity index (χ1) is 7.65. The molecule has 2 aromatic rings. The highest BCUT2D eigenvalue weighted by molar-refractivity contribution is 6.32. The number of hydrogen-bond donors (Lipinski definition) is 1. The molecule has 82 valence electrons. The zero-order valence-electron chi connectivity index (χ0n) is 8.15. The standard InChI is InChI=1S/C11H8ClFN2O/c12-9-5-7(13)1-3-10(9)16-8-2-4-11(14)15-6-8/h1-6H,(H2,14,15). The van der Waals surface area contributed by atoms with Gasteiger partial charge in [0.1, 0.15) is 23.1 Å². The van der Waals surface area contributed by atoms with E-state index in [1.54, 1.807) is 12.1 Å². The van der Waals surface area contributed by atoms with Crippen LogP contribution in [-0.4, -0.2) is 4.98 Å². The van der Waals surface area contributed by atoms with E-state index in [-0.39, 0.29) is 5.02 Å². The molecule has 2 rings (SSSR count). The number of benzene rings is 1. The maximum atomic E-state index is 12.8. The lowest BCUT2D eigenvalue weighted by atomic mass is 10.3. The Morgan fingerprint density at radius 1 is 1.25 bits per heavy atom. The van der Waals surface area contributed by atoms with Crippen LogP contribution in [0.5, 0.6) is 11.5 Å². The molecule has 0 bridgehead atoms. The molecular formula is C11H8ClFN2O. The Balaban J connectivity index is 2.23. The second-order valence-corrected chi connectivity index (χ2v) is 3.50. The Morgan fingerprint density at radius 3 is 2.69 bits per heavy atom. The first-order valence-corrected chi connectivity index (χ1v) is 4.87. The summed E-state index contributed by atoms with van der Waals surface area (Å²) in [5.41, 5.74) is 5.43. The molecule has 1 heterocycles. The number of hydrogen-bond acceptors (Lipinski definition) is 3. The molecule has 1 aromatic heterocycles. The minimum absolute atomic E-state index is 0.205. The summed E-state index contributed by atoms with van der Waals surface area (Å²) in [6, 6.07) is 7.16. The Morgan fingerprint density at radius 2 is 2.06 bits per heavy atom. The summed E-state index contributed by atoms with van der Waals surface area (Å²) in [5, 5.41) is 0.205. The van der Waals surface area contributed by atoms with Gasteiger partial charge in [0, 0.05) is 0 Å². The van der Waals surface area contributed by atoms with Gasteiger partial charge in [0.05, 0.1) is 11.2 Å². The first-order valence-electron chi connectivity index (χ1n) is 4.49. The normalized spacial score (nSPS) is 10.1. The highest BCUT2D eigenvalue weighted by Gasteiger charge is 2.04. The van der Waals surface area contributed by atoms with E-state index in [0.29, 0.717) is 17.3 Å². The van der Waals surface area contributed by atoms with E-state index in [1.165, 1.54) is 24.4 Å². The van der Waals surface area contributed by atoms with Crippen LogP contribution in [0.2, 0.25) is 5.02 Å². The van der Waals surface area contributed by atoms with Crippen LogP contribution in [0.4, 0.5) is 10.2 Å². The number of ether oxygens (including phenoxy) is 1. The van der Waals surface area contributed by atoms with Crippen molar-refractivity contribution in [3.63, 3.8) is 0 Å². The van der Waals surface area contributed by atoms with Crippen LogP contribution in [0.15, 0.2) is 36.5 Å². The second kappa shape index (κ2) is 4.37. The lowest BCUT2D eigenvalue weighted by molar-refractivity contribution is 0.478. The van der Waals surface area contributed by atoms with Gasteiger partial charge in [-0.25, -0.2) is 9.37 Å². The van der Waals surface area contributed by atoms with Gasteiger partial charge in [-0.1, -0.05) is 11.6 Å². The lowest BCUT2D eigenvalue weighted by Gasteiger charge is -2.06. The van der Waals surface area contributed by atoms with Crippen molar-refractivity contribution in [3.8, 4) is 11.5 Å². The molecule has 2 N–H and O–H groups in total. The van der Waals surface area contributed by atoms with Gasteiger partial charge in [-0.3, -0.25) is 0 Å². The number of nitrogen functional groups attached to an aromatic ring is 1. The number of rotatable bonds is 2. The quantitative estimate of drug-likeness (QED) is 0.874. The van der Waals surface area contributed by atoms with Crippen LogP contribution in [0, 0.1) is 5.82 Å². The second-order valence-electron chi connectivity index (χ2n) is 3.10. The monoisotopic (exact) mass is 238 g/mol. The maximum Gasteiger partial charge on any atom is 0.146 e. The third-order valence-corrected chi connectivity index (χ3v) is 2.18. The smallest absolute Gasteiger partial charge is 0.146 e. The van der Waals surface area contributed by atoms with E-state index in [0.717, 1.165) is 0 Å². The van der Waals surface area contributed by atoms with Crippen molar-refractivity contribution in [2.45, 2.75) is 0 Å². The first kappa shape index (κ1) is 10.7. The van der Waals surface area contributed by atoms with Crippen molar-refractivity contribution in [2.75, 3.05) is 5.73 Å². The van der Waals surface area contributed by atoms with Crippen molar-refractivity contribution in [2.24, 2.45) is 0 Å². The number of pyridine rings is 1. The molecule has 0 unspecified atom stereocenters. The van der Waals surface area contributed by atoms with E-state index in [2.05, 4.69) is 4.98 Å². The minimum atomic E-state index is -0.409. The third-order valence-electron chi connectivity index (χ3n) is 1.88. The summed E-state index contributed by atoms with van der Waals surface area (Å²) >= 11 is 5.80. The Kier molecular flexibility index (Phi) is 2.92. The molecule has 5 heteroatoms. The van der Waals surface area contributed by atoms with Gasteiger partial charge in [-0.2, -0.15) is 0 Å². The summed E-state index contributed by atoms with van der Waals surface area (Å²) in [6.07, 6.45) is 1.47. The Bertz CT molecular complexity index is 502. The van der Waals surface area contributed by atoms with Gasteiger partial charge in [0.15, 0.2) is 0 Å². The van der Waals surface area contributed by atoms with Gasteiger partial charge in [-0.15, -0.1) is 0 Å². The minimum Gasteiger partial charge on any atom is -0.454 e. The average molecular weight is 239 g/mol. The van der Waals surface area contributed by atoms with Gasteiger partial charge in [0.25, 0.3) is 0 Å². The van der Waals surface area contributed by atoms with Crippen molar-refractivity contribution in [3.05, 3.63) is 47.4 Å². The van der Waals surface area contributed by atoms with Crippen molar-refractivity contribution in [1.29, 1.82) is 0 Å². The molecule has 0 atom stereocenters. The lowest BCUT2D eigenvalue weighted by Crippen LogP contribution is -1.91.